The minimum atomic E-state index is -0.669. The molecule has 3 nitrogen and oxygen atoms in total. The number of aliphatic carboxylic acids is 1. The van der Waals surface area contributed by atoms with Crippen molar-refractivity contribution in [3.8, 4) is 0 Å². The third-order valence-electron chi connectivity index (χ3n) is 5.67. The maximum absolute atomic E-state index is 12.2. The molecule has 0 bridgehead atoms. The van der Waals surface area contributed by atoms with E-state index in [-0.39, 0.29) is 11.8 Å². The SMILES string of the molecule is CCCCCCC=C[C@H]1CCC(=O)[C@@H]1CCCCCC(CC)C(=O)O. The molecule has 0 aliphatic heterocycles. The van der Waals surface area contributed by atoms with Crippen LogP contribution in [0.3, 0.4) is 0 Å². The van der Waals surface area contributed by atoms with E-state index < -0.39 is 5.97 Å². The smallest absolute Gasteiger partial charge is 0.306 e. The van der Waals surface area contributed by atoms with Gasteiger partial charge in [-0.25, -0.2) is 0 Å². The normalized spacial score (nSPS) is 21.9. The van der Waals surface area contributed by atoms with E-state index in [1.807, 2.05) is 6.92 Å². The first kappa shape index (κ1) is 21.9. The van der Waals surface area contributed by atoms with Gasteiger partial charge in [-0.1, -0.05) is 64.5 Å². The van der Waals surface area contributed by atoms with Crippen LogP contribution in [0.15, 0.2) is 12.2 Å². The molecule has 1 aliphatic rings. The van der Waals surface area contributed by atoms with Crippen molar-refractivity contribution >= 4 is 11.8 Å². The summed E-state index contributed by atoms with van der Waals surface area (Å²) in [6.07, 6.45) is 18.2. The van der Waals surface area contributed by atoms with Crippen molar-refractivity contribution < 1.29 is 14.7 Å². The van der Waals surface area contributed by atoms with Crippen LogP contribution in [0.2, 0.25) is 0 Å². The molecule has 1 saturated carbocycles. The Bertz CT molecular complexity index is 413. The molecule has 1 fully saturated rings. The van der Waals surface area contributed by atoms with Crippen molar-refractivity contribution in [1.29, 1.82) is 0 Å². The zero-order valence-corrected chi connectivity index (χ0v) is 16.3. The van der Waals surface area contributed by atoms with Crippen LogP contribution in [-0.2, 0) is 9.59 Å². The third-order valence-corrected chi connectivity index (χ3v) is 5.67. The Morgan fingerprint density at radius 1 is 1.16 bits per heavy atom. The van der Waals surface area contributed by atoms with Gasteiger partial charge in [0.1, 0.15) is 5.78 Å². The molecule has 25 heavy (non-hydrogen) atoms. The number of rotatable bonds is 14. The number of allylic oxidation sites excluding steroid dienone is 2. The molecule has 0 heterocycles. The number of unbranched alkanes of at least 4 members (excludes halogenated alkanes) is 6. The lowest BCUT2D eigenvalue weighted by Gasteiger charge is -2.15. The van der Waals surface area contributed by atoms with Gasteiger partial charge in [0.05, 0.1) is 5.92 Å². The lowest BCUT2D eigenvalue weighted by Crippen LogP contribution is -2.14. The van der Waals surface area contributed by atoms with E-state index in [0.29, 0.717) is 18.1 Å². The standard InChI is InChI=1S/C22H38O3/c1-3-5-6-7-8-10-14-19-16-17-21(23)20(19)15-12-9-11-13-18(4-2)22(24)25/h10,14,18-20H,3-9,11-13,15-17H2,1-2H3,(H,24,25)/t18?,19-,20+/m0/s1. The number of Topliss-reactive ketones (excluding diaryl/α,β-unsaturated/α-hetero) is 1. The molecule has 1 aliphatic carbocycles. The highest BCUT2D eigenvalue weighted by Crippen LogP contribution is 2.34. The summed E-state index contributed by atoms with van der Waals surface area (Å²) in [7, 11) is 0. The number of carbonyl (C=O) groups is 2. The minimum Gasteiger partial charge on any atom is -0.481 e. The summed E-state index contributed by atoms with van der Waals surface area (Å²) in [6.45, 7) is 4.17. The van der Waals surface area contributed by atoms with Gasteiger partial charge in [0.15, 0.2) is 0 Å². The van der Waals surface area contributed by atoms with Crippen LogP contribution < -0.4 is 0 Å². The van der Waals surface area contributed by atoms with Crippen LogP contribution >= 0.6 is 0 Å². The summed E-state index contributed by atoms with van der Waals surface area (Å²) in [4.78, 5) is 23.2. The fourth-order valence-electron chi connectivity index (χ4n) is 3.93. The Balaban J connectivity index is 2.24. The second-order valence-electron chi connectivity index (χ2n) is 7.63. The molecule has 1 unspecified atom stereocenters. The Hall–Kier alpha value is -1.12. The van der Waals surface area contributed by atoms with Gasteiger partial charge in [-0.2, -0.15) is 0 Å². The molecule has 0 spiro atoms. The molecule has 1 N–H and O–H groups in total. The van der Waals surface area contributed by atoms with Crippen molar-refractivity contribution in [3.05, 3.63) is 12.2 Å². The summed E-state index contributed by atoms with van der Waals surface area (Å²) < 4.78 is 0. The van der Waals surface area contributed by atoms with Crippen LogP contribution in [0.1, 0.15) is 97.3 Å². The van der Waals surface area contributed by atoms with Crippen LogP contribution in [-0.4, -0.2) is 16.9 Å². The Morgan fingerprint density at radius 2 is 1.92 bits per heavy atom. The fourth-order valence-corrected chi connectivity index (χ4v) is 3.93. The molecule has 0 amide bonds. The Labute approximate surface area is 154 Å². The average Bonchev–Trinajstić information content (AvgIpc) is 2.94. The summed E-state index contributed by atoms with van der Waals surface area (Å²) >= 11 is 0. The molecule has 1 rings (SSSR count). The highest BCUT2D eigenvalue weighted by Gasteiger charge is 2.32. The second kappa shape index (κ2) is 13.1. The van der Waals surface area contributed by atoms with Crippen LogP contribution in [0.4, 0.5) is 0 Å². The summed E-state index contributed by atoms with van der Waals surface area (Å²) in [6, 6.07) is 0. The maximum atomic E-state index is 12.2. The monoisotopic (exact) mass is 350 g/mol. The highest BCUT2D eigenvalue weighted by molar-refractivity contribution is 5.83. The third kappa shape index (κ3) is 8.69. The first-order chi connectivity index (χ1) is 12.1. The van der Waals surface area contributed by atoms with Gasteiger partial charge in [0.25, 0.3) is 0 Å². The van der Waals surface area contributed by atoms with E-state index in [1.165, 1.54) is 25.7 Å². The van der Waals surface area contributed by atoms with Crippen molar-refractivity contribution in [2.75, 3.05) is 0 Å². The first-order valence-electron chi connectivity index (χ1n) is 10.5. The van der Waals surface area contributed by atoms with Crippen LogP contribution in [0, 0.1) is 17.8 Å². The van der Waals surface area contributed by atoms with Gasteiger partial charge >= 0.3 is 5.97 Å². The lowest BCUT2D eigenvalue weighted by atomic mass is 9.89. The molecule has 0 aromatic heterocycles. The van der Waals surface area contributed by atoms with E-state index >= 15 is 0 Å². The number of hydrogen-bond donors (Lipinski definition) is 1. The van der Waals surface area contributed by atoms with Crippen molar-refractivity contribution in [3.63, 3.8) is 0 Å². The zero-order valence-electron chi connectivity index (χ0n) is 16.3. The van der Waals surface area contributed by atoms with E-state index in [2.05, 4.69) is 19.1 Å². The topological polar surface area (TPSA) is 54.4 Å². The number of ketones is 1. The quantitative estimate of drug-likeness (QED) is 0.301. The number of carboxylic acid groups (broad SMARTS) is 1. The summed E-state index contributed by atoms with van der Waals surface area (Å²) in [5.41, 5.74) is 0. The van der Waals surface area contributed by atoms with Crippen molar-refractivity contribution in [2.45, 2.75) is 97.3 Å². The molecular formula is C22H38O3. The molecule has 3 atom stereocenters. The summed E-state index contributed by atoms with van der Waals surface area (Å²) in [5, 5.41) is 9.07. The molecular weight excluding hydrogens is 312 g/mol. The van der Waals surface area contributed by atoms with E-state index in [1.54, 1.807) is 0 Å². The molecule has 0 aromatic carbocycles. The van der Waals surface area contributed by atoms with Gasteiger partial charge in [0, 0.05) is 12.3 Å². The molecule has 0 saturated heterocycles. The van der Waals surface area contributed by atoms with E-state index in [0.717, 1.165) is 51.4 Å². The second-order valence-corrected chi connectivity index (χ2v) is 7.63. The summed E-state index contributed by atoms with van der Waals surface area (Å²) in [5.74, 6) is 0.237. The van der Waals surface area contributed by atoms with Gasteiger partial charge in [-0.3, -0.25) is 9.59 Å². The number of hydrogen-bond acceptors (Lipinski definition) is 2. The molecule has 144 valence electrons. The molecule has 0 aromatic rings. The predicted molar refractivity (Wildman–Crippen MR) is 104 cm³/mol. The van der Waals surface area contributed by atoms with Gasteiger partial charge < -0.3 is 5.11 Å². The average molecular weight is 351 g/mol. The van der Waals surface area contributed by atoms with Crippen LogP contribution in [0.25, 0.3) is 0 Å². The van der Waals surface area contributed by atoms with Gasteiger partial charge in [-0.05, 0) is 44.4 Å². The Kier molecular flexibility index (Phi) is 11.5. The number of carbonyl (C=O) groups excluding carboxylic acids is 1. The molecule has 0 radical (unpaired) electrons. The van der Waals surface area contributed by atoms with Gasteiger partial charge in [-0.15, -0.1) is 0 Å². The van der Waals surface area contributed by atoms with Crippen molar-refractivity contribution in [1.82, 2.24) is 0 Å². The predicted octanol–water partition coefficient (Wildman–Crippen LogP) is 6.17. The molecule has 3 heteroatoms. The number of carboxylic acids is 1. The maximum Gasteiger partial charge on any atom is 0.306 e. The highest BCUT2D eigenvalue weighted by atomic mass is 16.4. The first-order valence-corrected chi connectivity index (χ1v) is 10.5. The minimum absolute atomic E-state index is 0.198. The van der Waals surface area contributed by atoms with Crippen LogP contribution in [0.5, 0.6) is 0 Å². The van der Waals surface area contributed by atoms with E-state index in [4.69, 9.17) is 5.11 Å². The lowest BCUT2D eigenvalue weighted by molar-refractivity contribution is -0.142. The Morgan fingerprint density at radius 3 is 2.60 bits per heavy atom. The largest absolute Gasteiger partial charge is 0.481 e. The zero-order chi connectivity index (χ0) is 18.5. The van der Waals surface area contributed by atoms with Crippen molar-refractivity contribution in [2.24, 2.45) is 17.8 Å². The van der Waals surface area contributed by atoms with E-state index in [9.17, 15) is 9.59 Å². The fraction of sp³-hybridized carbons (Fsp3) is 0.818. The van der Waals surface area contributed by atoms with Gasteiger partial charge in [0.2, 0.25) is 0 Å².